The Hall–Kier alpha value is -1.62. The number of carbonyl (C=O) groups is 1. The summed E-state index contributed by atoms with van der Waals surface area (Å²) in [5, 5.41) is 3.25. The number of rotatable bonds is 3. The molecule has 1 fully saturated rings. The topological polar surface area (TPSA) is 54.5 Å². The Morgan fingerprint density at radius 2 is 2.40 bits per heavy atom. The van der Waals surface area contributed by atoms with Crippen molar-refractivity contribution in [2.45, 2.75) is 33.3 Å². The molecule has 1 saturated heterocycles. The normalized spacial score (nSPS) is 19.6. The Bertz CT molecular complexity index is 476. The van der Waals surface area contributed by atoms with Crippen LogP contribution in [0.2, 0.25) is 0 Å². The molecule has 2 rings (SSSR count). The summed E-state index contributed by atoms with van der Waals surface area (Å²) in [6.07, 6.45) is 2.64. The van der Waals surface area contributed by atoms with Crippen molar-refractivity contribution in [2.24, 2.45) is 0 Å². The maximum absolute atomic E-state index is 12.7. The predicted octanol–water partition coefficient (Wildman–Crippen LogP) is 2.07. The van der Waals surface area contributed by atoms with Gasteiger partial charge in [-0.3, -0.25) is 9.78 Å². The van der Waals surface area contributed by atoms with Gasteiger partial charge in [0.25, 0.3) is 5.91 Å². The summed E-state index contributed by atoms with van der Waals surface area (Å²) in [5.41, 5.74) is 2.42. The van der Waals surface area contributed by atoms with Gasteiger partial charge >= 0.3 is 0 Å². The van der Waals surface area contributed by atoms with Gasteiger partial charge in [0.1, 0.15) is 0 Å². The van der Waals surface area contributed by atoms with E-state index >= 15 is 0 Å². The van der Waals surface area contributed by atoms with Gasteiger partial charge in [0, 0.05) is 38.1 Å². The van der Waals surface area contributed by atoms with Gasteiger partial charge in [-0.25, -0.2) is 0 Å². The summed E-state index contributed by atoms with van der Waals surface area (Å²) in [5.74, 6) is 0.0331. The Morgan fingerprint density at radius 3 is 3.15 bits per heavy atom. The van der Waals surface area contributed by atoms with E-state index in [9.17, 15) is 4.79 Å². The van der Waals surface area contributed by atoms with E-state index in [4.69, 9.17) is 4.74 Å². The van der Waals surface area contributed by atoms with Gasteiger partial charge in [-0.2, -0.15) is 0 Å². The van der Waals surface area contributed by atoms with E-state index in [0.29, 0.717) is 12.1 Å². The molecule has 1 aliphatic heterocycles. The SMILES string of the molecule is CCNc1cc(C)ncc1C(=O)N1CCCOC(C)C1. The fourth-order valence-corrected chi connectivity index (χ4v) is 2.42. The van der Waals surface area contributed by atoms with Crippen LogP contribution in [0.25, 0.3) is 0 Å². The molecule has 0 bridgehead atoms. The number of hydrogen-bond acceptors (Lipinski definition) is 4. The molecule has 20 heavy (non-hydrogen) atoms. The van der Waals surface area contributed by atoms with Crippen molar-refractivity contribution in [1.29, 1.82) is 0 Å². The highest BCUT2D eigenvalue weighted by Gasteiger charge is 2.23. The molecule has 0 radical (unpaired) electrons. The van der Waals surface area contributed by atoms with Gasteiger partial charge in [0.15, 0.2) is 0 Å². The van der Waals surface area contributed by atoms with E-state index in [-0.39, 0.29) is 12.0 Å². The first-order valence-electron chi connectivity index (χ1n) is 7.23. The van der Waals surface area contributed by atoms with E-state index in [1.54, 1.807) is 6.20 Å². The lowest BCUT2D eigenvalue weighted by Gasteiger charge is -2.23. The molecule has 1 atom stereocenters. The zero-order valence-electron chi connectivity index (χ0n) is 12.5. The zero-order valence-corrected chi connectivity index (χ0v) is 12.5. The molecule has 0 aromatic carbocycles. The van der Waals surface area contributed by atoms with Crippen LogP contribution < -0.4 is 5.32 Å². The van der Waals surface area contributed by atoms with Gasteiger partial charge in [-0.1, -0.05) is 0 Å². The Labute approximate surface area is 120 Å². The van der Waals surface area contributed by atoms with Crippen molar-refractivity contribution < 1.29 is 9.53 Å². The van der Waals surface area contributed by atoms with Gasteiger partial charge in [-0.15, -0.1) is 0 Å². The highest BCUT2D eigenvalue weighted by atomic mass is 16.5. The molecule has 1 N–H and O–H groups in total. The fraction of sp³-hybridized carbons (Fsp3) is 0.600. The number of pyridine rings is 1. The summed E-state index contributed by atoms with van der Waals surface area (Å²) >= 11 is 0. The fourth-order valence-electron chi connectivity index (χ4n) is 2.42. The molecule has 1 aliphatic rings. The number of aromatic nitrogens is 1. The summed E-state index contributed by atoms with van der Waals surface area (Å²) in [6, 6.07) is 1.93. The second kappa shape index (κ2) is 6.70. The molecule has 5 heteroatoms. The van der Waals surface area contributed by atoms with E-state index < -0.39 is 0 Å². The second-order valence-electron chi connectivity index (χ2n) is 5.19. The standard InChI is InChI=1S/C15H23N3O2/c1-4-16-14-8-11(2)17-9-13(14)15(19)18-6-5-7-20-12(3)10-18/h8-9,12H,4-7,10H2,1-3H3,(H,16,17). The van der Waals surface area contributed by atoms with Crippen LogP contribution in [0.15, 0.2) is 12.3 Å². The van der Waals surface area contributed by atoms with Crippen molar-refractivity contribution in [3.05, 3.63) is 23.5 Å². The first-order chi connectivity index (χ1) is 9.61. The molecule has 110 valence electrons. The minimum atomic E-state index is 0.0331. The summed E-state index contributed by atoms with van der Waals surface area (Å²) < 4.78 is 5.59. The number of nitrogens with zero attached hydrogens (tertiary/aromatic N) is 2. The van der Waals surface area contributed by atoms with Crippen LogP contribution in [-0.4, -0.2) is 48.1 Å². The molecule has 5 nitrogen and oxygen atoms in total. The van der Waals surface area contributed by atoms with Crippen LogP contribution in [0, 0.1) is 6.92 Å². The third-order valence-electron chi connectivity index (χ3n) is 3.38. The third kappa shape index (κ3) is 3.48. The first kappa shape index (κ1) is 14.8. The summed E-state index contributed by atoms with van der Waals surface area (Å²) in [6.45, 7) is 8.83. The summed E-state index contributed by atoms with van der Waals surface area (Å²) in [4.78, 5) is 18.8. The predicted molar refractivity (Wildman–Crippen MR) is 79.1 cm³/mol. The molecule has 0 spiro atoms. The molecular formula is C15H23N3O2. The lowest BCUT2D eigenvalue weighted by Crippen LogP contribution is -2.36. The van der Waals surface area contributed by atoms with Crippen LogP contribution in [0.5, 0.6) is 0 Å². The van der Waals surface area contributed by atoms with Crippen molar-refractivity contribution >= 4 is 11.6 Å². The molecular weight excluding hydrogens is 254 g/mol. The van der Waals surface area contributed by atoms with Gasteiger partial charge < -0.3 is 15.0 Å². The maximum Gasteiger partial charge on any atom is 0.257 e. The molecule has 1 amide bonds. The van der Waals surface area contributed by atoms with Gasteiger partial charge in [0.05, 0.1) is 17.4 Å². The number of amides is 1. The minimum Gasteiger partial charge on any atom is -0.385 e. The van der Waals surface area contributed by atoms with Crippen molar-refractivity contribution in [2.75, 3.05) is 31.6 Å². The molecule has 0 aliphatic carbocycles. The Kier molecular flexibility index (Phi) is 4.95. The number of anilines is 1. The maximum atomic E-state index is 12.7. The number of ether oxygens (including phenoxy) is 1. The molecule has 1 unspecified atom stereocenters. The average molecular weight is 277 g/mol. The molecule has 0 saturated carbocycles. The monoisotopic (exact) mass is 277 g/mol. The third-order valence-corrected chi connectivity index (χ3v) is 3.38. The number of aryl methyl sites for hydroxylation is 1. The van der Waals surface area contributed by atoms with Crippen molar-refractivity contribution in [3.8, 4) is 0 Å². The van der Waals surface area contributed by atoms with E-state index in [2.05, 4.69) is 10.3 Å². The van der Waals surface area contributed by atoms with Crippen LogP contribution in [0.4, 0.5) is 5.69 Å². The molecule has 1 aromatic heterocycles. The van der Waals surface area contributed by atoms with E-state index in [1.807, 2.05) is 31.7 Å². The van der Waals surface area contributed by atoms with Gasteiger partial charge in [0.2, 0.25) is 0 Å². The van der Waals surface area contributed by atoms with Crippen LogP contribution in [0.1, 0.15) is 36.3 Å². The number of hydrogen-bond donors (Lipinski definition) is 1. The molecule has 1 aromatic rings. The summed E-state index contributed by atoms with van der Waals surface area (Å²) in [7, 11) is 0. The van der Waals surface area contributed by atoms with E-state index in [0.717, 1.165) is 37.5 Å². The van der Waals surface area contributed by atoms with E-state index in [1.165, 1.54) is 0 Å². The van der Waals surface area contributed by atoms with Crippen LogP contribution >= 0.6 is 0 Å². The first-order valence-corrected chi connectivity index (χ1v) is 7.23. The largest absolute Gasteiger partial charge is 0.385 e. The lowest BCUT2D eigenvalue weighted by molar-refractivity contribution is 0.0563. The van der Waals surface area contributed by atoms with Crippen LogP contribution in [-0.2, 0) is 4.74 Å². The second-order valence-corrected chi connectivity index (χ2v) is 5.19. The van der Waals surface area contributed by atoms with Crippen molar-refractivity contribution in [3.63, 3.8) is 0 Å². The number of nitrogens with one attached hydrogen (secondary N) is 1. The van der Waals surface area contributed by atoms with Crippen LogP contribution in [0.3, 0.4) is 0 Å². The highest BCUT2D eigenvalue weighted by molar-refractivity contribution is 5.99. The highest BCUT2D eigenvalue weighted by Crippen LogP contribution is 2.19. The van der Waals surface area contributed by atoms with Crippen molar-refractivity contribution in [1.82, 2.24) is 9.88 Å². The average Bonchev–Trinajstić information content (AvgIpc) is 2.63. The zero-order chi connectivity index (χ0) is 14.5. The quantitative estimate of drug-likeness (QED) is 0.919. The Morgan fingerprint density at radius 1 is 1.60 bits per heavy atom. The van der Waals surface area contributed by atoms with Gasteiger partial charge in [-0.05, 0) is 33.3 Å². The molecule has 2 heterocycles. The number of carbonyl (C=O) groups excluding carboxylic acids is 1. The Balaban J connectivity index is 2.23. The smallest absolute Gasteiger partial charge is 0.257 e. The minimum absolute atomic E-state index is 0.0331. The lowest BCUT2D eigenvalue weighted by atomic mass is 10.1.